The van der Waals surface area contributed by atoms with E-state index in [4.69, 9.17) is 4.74 Å². The van der Waals surface area contributed by atoms with Crippen LogP contribution in [0, 0.1) is 6.92 Å². The van der Waals surface area contributed by atoms with Crippen molar-refractivity contribution in [2.75, 3.05) is 6.54 Å². The molecule has 2 atom stereocenters. The second kappa shape index (κ2) is 10.5. The number of hydrogen-bond donors (Lipinski definition) is 0. The number of benzene rings is 2. The van der Waals surface area contributed by atoms with Crippen LogP contribution in [0.2, 0.25) is 0 Å². The highest BCUT2D eigenvalue weighted by Crippen LogP contribution is 2.41. The van der Waals surface area contributed by atoms with Crippen LogP contribution < -0.4 is 0 Å². The molecule has 0 N–H and O–H groups in total. The molecule has 3 aromatic rings. The van der Waals surface area contributed by atoms with Gasteiger partial charge < -0.3 is 14.2 Å². The zero-order valence-electron chi connectivity index (χ0n) is 20.0. The lowest BCUT2D eigenvalue weighted by Gasteiger charge is -2.27. The van der Waals surface area contributed by atoms with Crippen molar-refractivity contribution < 1.29 is 14.3 Å². The van der Waals surface area contributed by atoms with Gasteiger partial charge in [-0.15, -0.1) is 0 Å². The first-order chi connectivity index (χ1) is 16.5. The molecule has 0 radical (unpaired) electrons. The van der Waals surface area contributed by atoms with E-state index in [2.05, 4.69) is 4.98 Å². The second-order valence-electron chi connectivity index (χ2n) is 8.74. The number of ether oxygens (including phenoxy) is 1. The predicted molar refractivity (Wildman–Crippen MR) is 131 cm³/mol. The predicted octanol–water partition coefficient (Wildman–Crippen LogP) is 5.12. The fraction of sp³-hybridized carbons (Fsp3) is 0.321. The summed E-state index contributed by atoms with van der Waals surface area (Å²) in [6.45, 7) is 7.18. The van der Waals surface area contributed by atoms with Crippen molar-refractivity contribution in [2.45, 2.75) is 52.3 Å². The molecule has 6 nitrogen and oxygen atoms in total. The molecule has 0 saturated carbocycles. The van der Waals surface area contributed by atoms with Gasteiger partial charge >= 0.3 is 0 Å². The highest BCUT2D eigenvalue weighted by Gasteiger charge is 2.44. The highest BCUT2D eigenvalue weighted by molar-refractivity contribution is 6.16. The highest BCUT2D eigenvalue weighted by atomic mass is 16.5. The number of carbonyl (C=O) groups is 2. The number of Topliss-reactive ketones (excluding diaryl/α,β-unsaturated/α-hetero) is 1. The van der Waals surface area contributed by atoms with Gasteiger partial charge in [0.1, 0.15) is 0 Å². The molecule has 2 aromatic carbocycles. The first kappa shape index (κ1) is 23.5. The van der Waals surface area contributed by atoms with Gasteiger partial charge in [0.25, 0.3) is 5.91 Å². The largest absolute Gasteiger partial charge is 0.485 e. The molecule has 0 bridgehead atoms. The molecule has 0 aliphatic carbocycles. The number of rotatable bonds is 10. The molecule has 34 heavy (non-hydrogen) atoms. The van der Waals surface area contributed by atoms with E-state index < -0.39 is 6.04 Å². The maximum absolute atomic E-state index is 13.8. The Hall–Kier alpha value is -3.67. The summed E-state index contributed by atoms with van der Waals surface area (Å²) in [5, 5.41) is 0. The van der Waals surface area contributed by atoms with E-state index in [1.165, 1.54) is 0 Å². The molecule has 2 heterocycles. The topological polar surface area (TPSA) is 64.4 Å². The van der Waals surface area contributed by atoms with Crippen molar-refractivity contribution in [3.8, 4) is 0 Å². The lowest BCUT2D eigenvalue weighted by Crippen LogP contribution is -2.33. The SMILES string of the molecule is CCC(C)OC1=C(C(=O)c2ccccc2)C(c2ccc(C)cc2)N(CCCn2ccnc2)C1=O. The molecular weight excluding hydrogens is 426 g/mol. The van der Waals surface area contributed by atoms with Gasteiger partial charge in [0, 0.05) is 31.0 Å². The van der Waals surface area contributed by atoms with Gasteiger partial charge in [-0.25, -0.2) is 4.98 Å². The Balaban J connectivity index is 1.75. The standard InChI is InChI=1S/C28H31N3O3/c1-4-21(3)34-27-24(26(32)23-9-6-5-7-10-23)25(22-13-11-20(2)12-14-22)31(28(27)33)17-8-16-30-18-15-29-19-30/h5-7,9-15,18-19,21,25H,4,8,16-17H2,1-3H3. The van der Waals surface area contributed by atoms with Crippen molar-refractivity contribution >= 4 is 11.7 Å². The van der Waals surface area contributed by atoms with Crippen LogP contribution in [0.5, 0.6) is 0 Å². The lowest BCUT2D eigenvalue weighted by atomic mass is 9.92. The van der Waals surface area contributed by atoms with Gasteiger partial charge in [0.2, 0.25) is 0 Å². The summed E-state index contributed by atoms with van der Waals surface area (Å²) in [6.07, 6.45) is 6.70. The van der Waals surface area contributed by atoms with Gasteiger partial charge in [-0.1, -0.05) is 67.1 Å². The molecule has 6 heteroatoms. The maximum atomic E-state index is 13.8. The van der Waals surface area contributed by atoms with Crippen molar-refractivity contribution in [1.29, 1.82) is 0 Å². The van der Waals surface area contributed by atoms with Crippen molar-refractivity contribution in [3.05, 3.63) is 101 Å². The molecule has 176 valence electrons. The van der Waals surface area contributed by atoms with Crippen LogP contribution in [0.3, 0.4) is 0 Å². The van der Waals surface area contributed by atoms with Crippen LogP contribution in [0.4, 0.5) is 0 Å². The zero-order valence-corrected chi connectivity index (χ0v) is 20.0. The molecule has 4 rings (SSSR count). The van der Waals surface area contributed by atoms with Crippen molar-refractivity contribution in [2.24, 2.45) is 0 Å². The van der Waals surface area contributed by atoms with E-state index in [1.54, 1.807) is 29.6 Å². The average Bonchev–Trinajstić information content (AvgIpc) is 3.47. The Bertz CT molecular complexity index is 1150. The van der Waals surface area contributed by atoms with Crippen LogP contribution in [-0.2, 0) is 16.1 Å². The van der Waals surface area contributed by atoms with E-state index in [9.17, 15) is 9.59 Å². The van der Waals surface area contributed by atoms with E-state index in [-0.39, 0.29) is 23.6 Å². The van der Waals surface area contributed by atoms with Gasteiger partial charge in [0.05, 0.1) is 24.0 Å². The summed E-state index contributed by atoms with van der Waals surface area (Å²) < 4.78 is 8.13. The number of carbonyl (C=O) groups excluding carboxylic acids is 2. The molecule has 1 amide bonds. The third-order valence-corrected chi connectivity index (χ3v) is 6.23. The summed E-state index contributed by atoms with van der Waals surface area (Å²) in [4.78, 5) is 33.4. The molecule has 0 saturated heterocycles. The summed E-state index contributed by atoms with van der Waals surface area (Å²) in [5.74, 6) is -0.220. The molecule has 0 fully saturated rings. The van der Waals surface area contributed by atoms with E-state index in [1.807, 2.05) is 74.0 Å². The van der Waals surface area contributed by atoms with Crippen LogP contribution >= 0.6 is 0 Å². The number of amides is 1. The molecule has 0 spiro atoms. The minimum atomic E-state index is -0.498. The number of aromatic nitrogens is 2. The number of ketones is 1. The number of aryl methyl sites for hydroxylation is 2. The maximum Gasteiger partial charge on any atom is 0.290 e. The van der Waals surface area contributed by atoms with E-state index >= 15 is 0 Å². The van der Waals surface area contributed by atoms with E-state index in [0.717, 1.165) is 30.5 Å². The third kappa shape index (κ3) is 4.96. The Morgan fingerprint density at radius 2 is 1.82 bits per heavy atom. The van der Waals surface area contributed by atoms with E-state index in [0.29, 0.717) is 17.7 Å². The third-order valence-electron chi connectivity index (χ3n) is 6.23. The molecule has 1 aliphatic heterocycles. The van der Waals surface area contributed by atoms with Gasteiger partial charge in [-0.3, -0.25) is 9.59 Å². The summed E-state index contributed by atoms with van der Waals surface area (Å²) >= 11 is 0. The Kier molecular flexibility index (Phi) is 7.26. The van der Waals surface area contributed by atoms with Gasteiger partial charge in [-0.2, -0.15) is 0 Å². The summed E-state index contributed by atoms with van der Waals surface area (Å²) in [7, 11) is 0. The van der Waals surface area contributed by atoms with Crippen molar-refractivity contribution in [1.82, 2.24) is 14.5 Å². The minimum absolute atomic E-state index is 0.171. The fourth-order valence-corrected chi connectivity index (χ4v) is 4.18. The molecular formula is C28H31N3O3. The second-order valence-corrected chi connectivity index (χ2v) is 8.74. The monoisotopic (exact) mass is 457 g/mol. The Morgan fingerprint density at radius 3 is 2.47 bits per heavy atom. The molecule has 1 aromatic heterocycles. The average molecular weight is 458 g/mol. The Morgan fingerprint density at radius 1 is 1.09 bits per heavy atom. The smallest absolute Gasteiger partial charge is 0.290 e. The quantitative estimate of drug-likeness (QED) is 0.397. The summed E-state index contributed by atoms with van der Waals surface area (Å²) in [6, 6.07) is 16.7. The number of nitrogens with zero attached hydrogens (tertiary/aromatic N) is 3. The summed E-state index contributed by atoms with van der Waals surface area (Å²) in [5.41, 5.74) is 3.00. The normalized spacial score (nSPS) is 16.7. The molecule has 2 unspecified atom stereocenters. The van der Waals surface area contributed by atoms with Crippen LogP contribution in [0.1, 0.15) is 54.2 Å². The zero-order chi connectivity index (χ0) is 24.1. The van der Waals surface area contributed by atoms with Gasteiger partial charge in [0.15, 0.2) is 11.5 Å². The Labute approximate surface area is 200 Å². The first-order valence-electron chi connectivity index (χ1n) is 11.8. The van der Waals surface area contributed by atoms with Gasteiger partial charge in [-0.05, 0) is 32.3 Å². The van der Waals surface area contributed by atoms with Crippen LogP contribution in [0.15, 0.2) is 84.7 Å². The number of hydrogen-bond acceptors (Lipinski definition) is 4. The minimum Gasteiger partial charge on any atom is -0.485 e. The van der Waals surface area contributed by atoms with Crippen LogP contribution in [0.25, 0.3) is 0 Å². The molecule has 1 aliphatic rings. The van der Waals surface area contributed by atoms with Crippen molar-refractivity contribution in [3.63, 3.8) is 0 Å². The lowest BCUT2D eigenvalue weighted by molar-refractivity contribution is -0.131. The first-order valence-corrected chi connectivity index (χ1v) is 11.8. The number of imidazole rings is 1. The van der Waals surface area contributed by atoms with Crippen LogP contribution in [-0.4, -0.2) is 38.8 Å². The fourth-order valence-electron chi connectivity index (χ4n) is 4.18.